The summed E-state index contributed by atoms with van der Waals surface area (Å²) in [5, 5.41) is 7.93. The molecule has 0 saturated carbocycles. The molecule has 0 amide bonds. The van der Waals surface area contributed by atoms with Crippen LogP contribution in [-0.4, -0.2) is 37.8 Å². The lowest BCUT2D eigenvalue weighted by Crippen LogP contribution is -2.47. The van der Waals surface area contributed by atoms with Crippen LogP contribution in [0.25, 0.3) is 11.0 Å². The van der Waals surface area contributed by atoms with Crippen LogP contribution in [0.2, 0.25) is 0 Å². The number of nitrogens with zero attached hydrogens (tertiary/aromatic N) is 5. The minimum Gasteiger partial charge on any atom is -0.355 e. The molecule has 0 unspecified atom stereocenters. The standard InChI is InChI=1S/C16H16N6O/c23-14-3-1-2-13-11-4-10(7-22(13)14)6-21(8-11)16-12-5-19-20-15(12)17-9-18-16/h1-3,5,9-11H,4,6-8H2,(H,17,18,19,20)/t10-,11-/m0/s1. The largest absolute Gasteiger partial charge is 0.355 e. The van der Waals surface area contributed by atoms with Crippen LogP contribution in [0.1, 0.15) is 18.0 Å². The second kappa shape index (κ2) is 4.65. The van der Waals surface area contributed by atoms with Crippen molar-refractivity contribution in [3.05, 3.63) is 46.8 Å². The number of pyridine rings is 1. The molecule has 2 aliphatic heterocycles. The van der Waals surface area contributed by atoms with Crippen molar-refractivity contribution < 1.29 is 0 Å². The normalized spacial score (nSPS) is 23.0. The fourth-order valence-electron chi connectivity index (χ4n) is 4.07. The number of rotatable bonds is 1. The molecule has 2 atom stereocenters. The summed E-state index contributed by atoms with van der Waals surface area (Å²) in [6.45, 7) is 2.58. The molecule has 0 spiro atoms. The number of aromatic nitrogens is 5. The average Bonchev–Trinajstić information content (AvgIpc) is 3.04. The van der Waals surface area contributed by atoms with Gasteiger partial charge >= 0.3 is 0 Å². The third kappa shape index (κ3) is 1.89. The first kappa shape index (κ1) is 12.8. The Morgan fingerprint density at radius 3 is 3.09 bits per heavy atom. The van der Waals surface area contributed by atoms with Gasteiger partial charge < -0.3 is 9.47 Å². The summed E-state index contributed by atoms with van der Waals surface area (Å²) in [4.78, 5) is 23.1. The van der Waals surface area contributed by atoms with Crippen molar-refractivity contribution in [3.8, 4) is 0 Å². The van der Waals surface area contributed by atoms with Crippen molar-refractivity contribution in [3.63, 3.8) is 0 Å². The SMILES string of the molecule is O=c1cccc2n1C[C@H]1C[C@H]2CN(c2ncnc3[nH]ncc23)C1. The molecule has 5 heterocycles. The van der Waals surface area contributed by atoms with Crippen molar-refractivity contribution in [2.45, 2.75) is 18.9 Å². The lowest BCUT2D eigenvalue weighted by atomic mass is 9.83. The summed E-state index contributed by atoms with van der Waals surface area (Å²) in [6, 6.07) is 5.60. The summed E-state index contributed by atoms with van der Waals surface area (Å²) in [7, 11) is 0. The van der Waals surface area contributed by atoms with E-state index in [1.807, 2.05) is 10.6 Å². The van der Waals surface area contributed by atoms with Gasteiger partial charge in [-0.25, -0.2) is 9.97 Å². The summed E-state index contributed by atoms with van der Waals surface area (Å²) in [6.07, 6.45) is 4.51. The fraction of sp³-hybridized carbons (Fsp3) is 0.375. The first-order valence-corrected chi connectivity index (χ1v) is 7.88. The lowest BCUT2D eigenvalue weighted by molar-refractivity contribution is 0.281. The molecule has 7 heteroatoms. The smallest absolute Gasteiger partial charge is 0.250 e. The number of anilines is 1. The average molecular weight is 308 g/mol. The van der Waals surface area contributed by atoms with Crippen LogP contribution < -0.4 is 10.5 Å². The van der Waals surface area contributed by atoms with Gasteiger partial charge in [-0.15, -0.1) is 0 Å². The van der Waals surface area contributed by atoms with E-state index in [1.54, 1.807) is 18.6 Å². The fourth-order valence-corrected chi connectivity index (χ4v) is 4.07. The third-order valence-electron chi connectivity index (χ3n) is 5.01. The van der Waals surface area contributed by atoms with Gasteiger partial charge in [-0.3, -0.25) is 9.89 Å². The van der Waals surface area contributed by atoms with Crippen molar-refractivity contribution in [2.75, 3.05) is 18.0 Å². The molecule has 3 aromatic rings. The van der Waals surface area contributed by atoms with E-state index in [2.05, 4.69) is 31.1 Å². The highest BCUT2D eigenvalue weighted by atomic mass is 16.1. The number of hydrogen-bond donors (Lipinski definition) is 1. The Morgan fingerprint density at radius 2 is 2.13 bits per heavy atom. The molecule has 0 radical (unpaired) electrons. The molecule has 23 heavy (non-hydrogen) atoms. The van der Waals surface area contributed by atoms with Gasteiger partial charge in [0.05, 0.1) is 11.6 Å². The first-order chi connectivity index (χ1) is 11.3. The Hall–Kier alpha value is -2.70. The van der Waals surface area contributed by atoms with Gasteiger partial charge in [-0.05, 0) is 18.4 Å². The number of nitrogens with one attached hydrogen (secondary N) is 1. The van der Waals surface area contributed by atoms with E-state index < -0.39 is 0 Å². The van der Waals surface area contributed by atoms with Crippen LogP contribution in [0.4, 0.5) is 5.82 Å². The van der Waals surface area contributed by atoms with Gasteiger partial charge in [0.25, 0.3) is 5.56 Å². The van der Waals surface area contributed by atoms with Gasteiger partial charge in [0.1, 0.15) is 12.1 Å². The third-order valence-corrected chi connectivity index (χ3v) is 5.01. The minimum absolute atomic E-state index is 0.116. The van der Waals surface area contributed by atoms with Gasteiger partial charge in [0.15, 0.2) is 5.65 Å². The van der Waals surface area contributed by atoms with E-state index in [-0.39, 0.29) is 5.56 Å². The van der Waals surface area contributed by atoms with Gasteiger partial charge in [-0.2, -0.15) is 5.10 Å². The maximum absolute atomic E-state index is 12.1. The van der Waals surface area contributed by atoms with Crippen LogP contribution in [-0.2, 0) is 6.54 Å². The molecule has 0 aliphatic carbocycles. The van der Waals surface area contributed by atoms with Crippen molar-refractivity contribution in [1.29, 1.82) is 0 Å². The van der Waals surface area contributed by atoms with Crippen molar-refractivity contribution >= 4 is 16.9 Å². The van der Waals surface area contributed by atoms with Crippen LogP contribution >= 0.6 is 0 Å². The number of hydrogen-bond acceptors (Lipinski definition) is 5. The second-order valence-electron chi connectivity index (χ2n) is 6.43. The van der Waals surface area contributed by atoms with Crippen LogP contribution in [0, 0.1) is 5.92 Å². The van der Waals surface area contributed by atoms with Crippen LogP contribution in [0.15, 0.2) is 35.5 Å². The van der Waals surface area contributed by atoms with E-state index in [4.69, 9.17) is 0 Å². The maximum Gasteiger partial charge on any atom is 0.250 e. The molecule has 5 rings (SSSR count). The van der Waals surface area contributed by atoms with Crippen molar-refractivity contribution in [2.24, 2.45) is 5.92 Å². The minimum atomic E-state index is 0.116. The number of fused-ring (bicyclic) bond motifs is 5. The van der Waals surface area contributed by atoms with E-state index in [0.29, 0.717) is 11.8 Å². The lowest BCUT2D eigenvalue weighted by Gasteiger charge is -2.43. The Bertz CT molecular complexity index is 945. The summed E-state index contributed by atoms with van der Waals surface area (Å²) in [5.41, 5.74) is 2.03. The zero-order valence-electron chi connectivity index (χ0n) is 12.5. The molecular weight excluding hydrogens is 292 g/mol. The highest BCUT2D eigenvalue weighted by molar-refractivity contribution is 5.86. The van der Waals surface area contributed by atoms with E-state index >= 15 is 0 Å². The Morgan fingerprint density at radius 1 is 1.17 bits per heavy atom. The zero-order chi connectivity index (χ0) is 15.4. The molecule has 116 valence electrons. The maximum atomic E-state index is 12.1. The number of aromatic amines is 1. The van der Waals surface area contributed by atoms with Gasteiger partial charge in [0, 0.05) is 37.3 Å². The first-order valence-electron chi connectivity index (χ1n) is 7.88. The summed E-state index contributed by atoms with van der Waals surface area (Å²) < 4.78 is 1.95. The predicted molar refractivity (Wildman–Crippen MR) is 85.4 cm³/mol. The van der Waals surface area contributed by atoms with Crippen molar-refractivity contribution in [1.82, 2.24) is 24.7 Å². The molecular formula is C16H16N6O. The molecule has 1 fully saturated rings. The molecule has 2 aliphatic rings. The predicted octanol–water partition coefficient (Wildman–Crippen LogP) is 1.14. The van der Waals surface area contributed by atoms with E-state index in [0.717, 1.165) is 48.6 Å². The topological polar surface area (TPSA) is 79.7 Å². The number of H-pyrrole nitrogens is 1. The quantitative estimate of drug-likeness (QED) is 0.729. The second-order valence-corrected chi connectivity index (χ2v) is 6.43. The molecule has 1 saturated heterocycles. The molecule has 1 N–H and O–H groups in total. The molecule has 7 nitrogen and oxygen atoms in total. The Balaban J connectivity index is 1.57. The Kier molecular flexibility index (Phi) is 2.59. The molecule has 2 bridgehead atoms. The summed E-state index contributed by atoms with van der Waals surface area (Å²) >= 11 is 0. The van der Waals surface area contributed by atoms with Crippen LogP contribution in [0.3, 0.4) is 0 Å². The Labute approximate surface area is 132 Å². The highest BCUT2D eigenvalue weighted by Gasteiger charge is 2.35. The molecule has 0 aromatic carbocycles. The van der Waals surface area contributed by atoms with Crippen LogP contribution in [0.5, 0.6) is 0 Å². The monoisotopic (exact) mass is 308 g/mol. The van der Waals surface area contributed by atoms with Gasteiger partial charge in [0.2, 0.25) is 0 Å². The van der Waals surface area contributed by atoms with E-state index in [9.17, 15) is 4.79 Å². The van der Waals surface area contributed by atoms with Gasteiger partial charge in [-0.1, -0.05) is 6.07 Å². The summed E-state index contributed by atoms with van der Waals surface area (Å²) in [5.74, 6) is 1.77. The highest BCUT2D eigenvalue weighted by Crippen LogP contribution is 2.37. The zero-order valence-corrected chi connectivity index (χ0v) is 12.5. The molecule has 3 aromatic heterocycles. The van der Waals surface area contributed by atoms with E-state index in [1.165, 1.54) is 0 Å². The number of piperidine rings is 1.